The van der Waals surface area contributed by atoms with Crippen molar-refractivity contribution < 1.29 is 0 Å². The Labute approximate surface area is 145 Å². The van der Waals surface area contributed by atoms with E-state index in [0.717, 1.165) is 28.0 Å². The summed E-state index contributed by atoms with van der Waals surface area (Å²) in [6.45, 7) is 1.93. The van der Waals surface area contributed by atoms with E-state index < -0.39 is 0 Å². The molecule has 0 bridgehead atoms. The molecule has 0 unspecified atom stereocenters. The molecule has 2 aromatic carbocycles. The van der Waals surface area contributed by atoms with Crippen LogP contribution in [-0.4, -0.2) is 14.3 Å². The van der Waals surface area contributed by atoms with Crippen molar-refractivity contribution >= 4 is 22.3 Å². The summed E-state index contributed by atoms with van der Waals surface area (Å²) >= 11 is 0. The van der Waals surface area contributed by atoms with Gasteiger partial charge in [-0.3, -0.25) is 14.5 Å². The molecule has 0 radical (unpaired) electrons. The third-order valence-electron chi connectivity index (χ3n) is 4.45. The first-order chi connectivity index (χ1) is 12.2. The molecule has 1 N–H and O–H groups in total. The van der Waals surface area contributed by atoms with E-state index in [1.807, 2.05) is 79.3 Å². The maximum absolute atomic E-state index is 13.0. The van der Waals surface area contributed by atoms with Crippen molar-refractivity contribution in [2.24, 2.45) is 7.05 Å². The van der Waals surface area contributed by atoms with Gasteiger partial charge in [0.05, 0.1) is 22.6 Å². The molecule has 0 amide bonds. The zero-order chi connectivity index (χ0) is 17.4. The summed E-state index contributed by atoms with van der Waals surface area (Å²) in [4.78, 5) is 17.5. The number of hydrogen-bond acceptors (Lipinski definition) is 3. The van der Waals surface area contributed by atoms with Gasteiger partial charge in [0, 0.05) is 18.6 Å². The predicted octanol–water partition coefficient (Wildman–Crippen LogP) is 3.78. The number of anilines is 2. The Morgan fingerprint density at radius 2 is 1.72 bits per heavy atom. The van der Waals surface area contributed by atoms with Crippen LogP contribution in [0.25, 0.3) is 16.6 Å². The fourth-order valence-corrected chi connectivity index (χ4v) is 3.05. The molecule has 0 spiro atoms. The predicted molar refractivity (Wildman–Crippen MR) is 101 cm³/mol. The molecular weight excluding hydrogens is 312 g/mol. The Bertz CT molecular complexity index is 1100. The lowest BCUT2D eigenvalue weighted by Crippen LogP contribution is -2.20. The fraction of sp³-hybridized carbons (Fsp3) is 0.100. The lowest BCUT2D eigenvalue weighted by atomic mass is 10.2. The summed E-state index contributed by atoms with van der Waals surface area (Å²) in [6, 6.07) is 19.4. The first-order valence-corrected chi connectivity index (χ1v) is 8.11. The zero-order valence-electron chi connectivity index (χ0n) is 14.1. The van der Waals surface area contributed by atoms with Crippen molar-refractivity contribution in [3.05, 3.63) is 82.9 Å². The first-order valence-electron chi connectivity index (χ1n) is 8.11. The van der Waals surface area contributed by atoms with E-state index in [4.69, 9.17) is 0 Å². The van der Waals surface area contributed by atoms with E-state index in [9.17, 15) is 4.79 Å². The number of rotatable bonds is 3. The molecular formula is C20H18N4O. The highest BCUT2D eigenvalue weighted by Gasteiger charge is 2.17. The molecule has 4 aromatic rings. The first kappa shape index (κ1) is 15.2. The van der Waals surface area contributed by atoms with Gasteiger partial charge >= 0.3 is 0 Å². The third-order valence-corrected chi connectivity index (χ3v) is 4.45. The van der Waals surface area contributed by atoms with Gasteiger partial charge in [-0.25, -0.2) is 4.68 Å². The molecule has 0 atom stereocenters. The van der Waals surface area contributed by atoms with Crippen molar-refractivity contribution in [1.29, 1.82) is 0 Å². The maximum Gasteiger partial charge on any atom is 0.295 e. The Kier molecular flexibility index (Phi) is 3.61. The second-order valence-electron chi connectivity index (χ2n) is 5.94. The van der Waals surface area contributed by atoms with Crippen molar-refractivity contribution in [1.82, 2.24) is 14.3 Å². The second kappa shape index (κ2) is 5.94. The second-order valence-corrected chi connectivity index (χ2v) is 5.94. The number of para-hydroxylation sites is 2. The van der Waals surface area contributed by atoms with Crippen LogP contribution in [0.2, 0.25) is 0 Å². The Balaban J connectivity index is 1.86. The molecule has 0 fully saturated rings. The monoisotopic (exact) mass is 330 g/mol. The van der Waals surface area contributed by atoms with Crippen LogP contribution in [0.1, 0.15) is 5.69 Å². The lowest BCUT2D eigenvalue weighted by Gasteiger charge is -2.08. The number of fused-ring (bicyclic) bond motifs is 1. The normalized spacial score (nSPS) is 11.0. The Morgan fingerprint density at radius 3 is 2.52 bits per heavy atom. The number of nitrogens with one attached hydrogen (secondary N) is 1. The van der Waals surface area contributed by atoms with E-state index in [0.29, 0.717) is 5.69 Å². The zero-order valence-corrected chi connectivity index (χ0v) is 14.1. The molecule has 124 valence electrons. The molecule has 4 rings (SSSR count). The average Bonchev–Trinajstić information content (AvgIpc) is 2.86. The maximum atomic E-state index is 13.0. The number of nitrogens with zero attached hydrogens (tertiary/aromatic N) is 3. The van der Waals surface area contributed by atoms with Crippen LogP contribution in [0.4, 0.5) is 11.4 Å². The van der Waals surface area contributed by atoms with Gasteiger partial charge in [0.2, 0.25) is 0 Å². The van der Waals surface area contributed by atoms with E-state index in [2.05, 4.69) is 10.3 Å². The van der Waals surface area contributed by atoms with E-state index in [1.54, 1.807) is 10.9 Å². The summed E-state index contributed by atoms with van der Waals surface area (Å²) in [5.74, 6) is 0. The lowest BCUT2D eigenvalue weighted by molar-refractivity contribution is 0.630. The van der Waals surface area contributed by atoms with E-state index >= 15 is 0 Å². The van der Waals surface area contributed by atoms with Crippen LogP contribution >= 0.6 is 0 Å². The van der Waals surface area contributed by atoms with Gasteiger partial charge in [-0.2, -0.15) is 0 Å². The van der Waals surface area contributed by atoms with Gasteiger partial charge in [-0.15, -0.1) is 0 Å². The minimum atomic E-state index is -0.0841. The van der Waals surface area contributed by atoms with Crippen LogP contribution in [0, 0.1) is 6.92 Å². The van der Waals surface area contributed by atoms with Crippen LogP contribution in [0.15, 0.2) is 71.7 Å². The van der Waals surface area contributed by atoms with Crippen LogP contribution < -0.4 is 10.9 Å². The molecule has 5 heteroatoms. The van der Waals surface area contributed by atoms with Gasteiger partial charge in [0.1, 0.15) is 5.69 Å². The minimum absolute atomic E-state index is 0.0841. The Hall–Kier alpha value is -3.34. The summed E-state index contributed by atoms with van der Waals surface area (Å²) in [7, 11) is 1.89. The molecule has 25 heavy (non-hydrogen) atoms. The van der Waals surface area contributed by atoms with E-state index in [-0.39, 0.29) is 5.56 Å². The van der Waals surface area contributed by atoms with Gasteiger partial charge in [0.25, 0.3) is 5.56 Å². The molecule has 0 aliphatic heterocycles. The van der Waals surface area contributed by atoms with Crippen molar-refractivity contribution in [3.63, 3.8) is 0 Å². The van der Waals surface area contributed by atoms with Crippen molar-refractivity contribution in [2.75, 3.05) is 5.32 Å². The standard InChI is InChI=1S/C20H18N4O/c1-14-18(20(25)24(23(14)2)16-10-4-3-5-11-16)22-17-12-6-8-15-9-7-13-21-19(15)17/h3-13,22H,1-2H3. The SMILES string of the molecule is Cc1c(Nc2cccc3cccnc23)c(=O)n(-c2ccccc2)n1C. The van der Waals surface area contributed by atoms with Crippen molar-refractivity contribution in [2.45, 2.75) is 6.92 Å². The molecule has 0 saturated carbocycles. The van der Waals surface area contributed by atoms with Gasteiger partial charge in [0.15, 0.2) is 0 Å². The van der Waals surface area contributed by atoms with Crippen LogP contribution in [0.3, 0.4) is 0 Å². The smallest absolute Gasteiger partial charge is 0.295 e. The largest absolute Gasteiger partial charge is 0.348 e. The molecule has 2 heterocycles. The van der Waals surface area contributed by atoms with Crippen LogP contribution in [-0.2, 0) is 7.05 Å². The highest BCUT2D eigenvalue weighted by Crippen LogP contribution is 2.25. The third kappa shape index (κ3) is 2.50. The summed E-state index contributed by atoms with van der Waals surface area (Å²) < 4.78 is 3.52. The molecule has 0 aliphatic carbocycles. The number of aromatic nitrogens is 3. The average molecular weight is 330 g/mol. The number of pyridine rings is 1. The topological polar surface area (TPSA) is 51.9 Å². The van der Waals surface area contributed by atoms with Crippen LogP contribution in [0.5, 0.6) is 0 Å². The van der Waals surface area contributed by atoms with Gasteiger partial charge in [-0.1, -0.05) is 36.4 Å². The van der Waals surface area contributed by atoms with Gasteiger partial charge in [-0.05, 0) is 31.2 Å². The molecule has 2 aromatic heterocycles. The highest BCUT2D eigenvalue weighted by atomic mass is 16.1. The van der Waals surface area contributed by atoms with Crippen molar-refractivity contribution in [3.8, 4) is 5.69 Å². The molecule has 5 nitrogen and oxygen atoms in total. The quantitative estimate of drug-likeness (QED) is 0.622. The van der Waals surface area contributed by atoms with Gasteiger partial charge < -0.3 is 5.32 Å². The summed E-state index contributed by atoms with van der Waals surface area (Å²) in [6.07, 6.45) is 1.76. The summed E-state index contributed by atoms with van der Waals surface area (Å²) in [5, 5.41) is 4.33. The molecule has 0 aliphatic rings. The highest BCUT2D eigenvalue weighted by molar-refractivity contribution is 5.92. The number of hydrogen-bond donors (Lipinski definition) is 1. The number of benzene rings is 2. The Morgan fingerprint density at radius 1 is 0.960 bits per heavy atom. The fourth-order valence-electron chi connectivity index (χ4n) is 3.05. The summed E-state index contributed by atoms with van der Waals surface area (Å²) in [5.41, 5.74) is 3.84. The molecule has 0 saturated heterocycles. The van der Waals surface area contributed by atoms with E-state index in [1.165, 1.54) is 0 Å². The minimum Gasteiger partial charge on any atom is -0.348 e.